The van der Waals surface area contributed by atoms with Gasteiger partial charge in [-0.25, -0.2) is 4.98 Å². The molecule has 1 aromatic carbocycles. The number of hydrogen-bond donors (Lipinski definition) is 1. The zero-order chi connectivity index (χ0) is 20.5. The molecule has 3 aliphatic rings. The van der Waals surface area contributed by atoms with E-state index in [4.69, 9.17) is 4.74 Å². The molecule has 0 spiro atoms. The molecule has 0 radical (unpaired) electrons. The van der Waals surface area contributed by atoms with Gasteiger partial charge in [0.1, 0.15) is 23.9 Å². The van der Waals surface area contributed by atoms with Gasteiger partial charge in [0.25, 0.3) is 5.91 Å². The molecule has 6 heteroatoms. The highest BCUT2D eigenvalue weighted by molar-refractivity contribution is 5.92. The Labute approximate surface area is 178 Å². The van der Waals surface area contributed by atoms with E-state index < -0.39 is 0 Å². The fourth-order valence-corrected chi connectivity index (χ4v) is 5.29. The third-order valence-electron chi connectivity index (χ3n) is 7.11. The average molecular weight is 409 g/mol. The Morgan fingerprint density at radius 1 is 1.23 bits per heavy atom. The quantitative estimate of drug-likeness (QED) is 0.824. The van der Waals surface area contributed by atoms with Crippen LogP contribution in [0.3, 0.4) is 0 Å². The van der Waals surface area contributed by atoms with E-state index in [2.05, 4.69) is 32.9 Å². The number of ether oxygens (including phenoxy) is 1. The highest BCUT2D eigenvalue weighted by Crippen LogP contribution is 2.31. The van der Waals surface area contributed by atoms with Crippen molar-refractivity contribution in [2.24, 2.45) is 5.92 Å². The first kappa shape index (κ1) is 19.6. The lowest BCUT2D eigenvalue weighted by Gasteiger charge is -2.33. The Morgan fingerprint density at radius 3 is 2.93 bits per heavy atom. The number of carbonyl (C=O) groups is 1. The van der Waals surface area contributed by atoms with Gasteiger partial charge in [0.15, 0.2) is 0 Å². The van der Waals surface area contributed by atoms with Gasteiger partial charge >= 0.3 is 0 Å². The Balaban J connectivity index is 1.20. The standard InChI is InChI=1S/C24H32N4O2/c1-27-15-23-26-21(14-28(23)13-20(27)11-10-17-6-2-3-7-17)24(29)25-19-12-18-8-4-5-9-22(18)30-16-19/h4-5,8-9,14,17,19-20H,2-3,6-7,10-13,15-16H2,1H3,(H,25,29)/t19-,20?/m1/s1. The third-order valence-corrected chi connectivity index (χ3v) is 7.11. The molecule has 2 atom stereocenters. The second kappa shape index (κ2) is 8.42. The number of imidazole rings is 1. The van der Waals surface area contributed by atoms with Crippen molar-refractivity contribution in [3.63, 3.8) is 0 Å². The number of fused-ring (bicyclic) bond motifs is 2. The number of hydrogen-bond acceptors (Lipinski definition) is 4. The second-order valence-electron chi connectivity index (χ2n) is 9.28. The zero-order valence-electron chi connectivity index (χ0n) is 17.8. The van der Waals surface area contributed by atoms with Crippen LogP contribution < -0.4 is 10.1 Å². The Kier molecular flexibility index (Phi) is 5.50. The summed E-state index contributed by atoms with van der Waals surface area (Å²) in [5, 5.41) is 3.12. The highest BCUT2D eigenvalue weighted by atomic mass is 16.5. The van der Waals surface area contributed by atoms with Crippen LogP contribution in [-0.4, -0.2) is 46.1 Å². The van der Waals surface area contributed by atoms with E-state index in [-0.39, 0.29) is 11.9 Å². The Morgan fingerprint density at radius 2 is 2.07 bits per heavy atom. The van der Waals surface area contributed by atoms with E-state index in [1.165, 1.54) is 38.5 Å². The van der Waals surface area contributed by atoms with E-state index in [0.717, 1.165) is 42.6 Å². The minimum atomic E-state index is -0.102. The van der Waals surface area contributed by atoms with Gasteiger partial charge in [-0.3, -0.25) is 9.69 Å². The number of aromatic nitrogens is 2. The topological polar surface area (TPSA) is 59.4 Å². The molecule has 1 fully saturated rings. The monoisotopic (exact) mass is 408 g/mol. The van der Waals surface area contributed by atoms with Gasteiger partial charge in [-0.2, -0.15) is 0 Å². The first-order valence-corrected chi connectivity index (χ1v) is 11.4. The molecule has 0 saturated heterocycles. The normalized spacial score (nSPS) is 24.2. The van der Waals surface area contributed by atoms with Gasteiger partial charge in [0, 0.05) is 18.8 Å². The molecule has 1 aromatic heterocycles. The van der Waals surface area contributed by atoms with Gasteiger partial charge in [0.2, 0.25) is 0 Å². The van der Waals surface area contributed by atoms with Crippen LogP contribution >= 0.6 is 0 Å². The number of para-hydroxylation sites is 1. The summed E-state index contributed by atoms with van der Waals surface area (Å²) in [6, 6.07) is 8.54. The lowest BCUT2D eigenvalue weighted by atomic mass is 9.97. The number of rotatable bonds is 5. The van der Waals surface area contributed by atoms with Crippen molar-refractivity contribution in [3.05, 3.63) is 47.5 Å². The third kappa shape index (κ3) is 4.10. The molecule has 0 bridgehead atoms. The summed E-state index contributed by atoms with van der Waals surface area (Å²) in [7, 11) is 2.19. The summed E-state index contributed by atoms with van der Waals surface area (Å²) in [5.74, 6) is 2.74. The van der Waals surface area contributed by atoms with Crippen molar-refractivity contribution in [1.29, 1.82) is 0 Å². The van der Waals surface area contributed by atoms with Crippen LogP contribution in [0.5, 0.6) is 5.75 Å². The first-order valence-electron chi connectivity index (χ1n) is 11.4. The molecule has 1 saturated carbocycles. The van der Waals surface area contributed by atoms with E-state index >= 15 is 0 Å². The highest BCUT2D eigenvalue weighted by Gasteiger charge is 2.28. The Hall–Kier alpha value is -2.34. The van der Waals surface area contributed by atoms with Crippen LogP contribution in [0.1, 0.15) is 60.4 Å². The number of nitrogens with zero attached hydrogens (tertiary/aromatic N) is 3. The lowest BCUT2D eigenvalue weighted by Crippen LogP contribution is -2.42. The largest absolute Gasteiger partial charge is 0.491 e. The van der Waals surface area contributed by atoms with Crippen LogP contribution in [0.4, 0.5) is 0 Å². The maximum Gasteiger partial charge on any atom is 0.271 e. The van der Waals surface area contributed by atoms with Crippen molar-refractivity contribution in [1.82, 2.24) is 19.8 Å². The fraction of sp³-hybridized carbons (Fsp3) is 0.583. The number of amides is 1. The summed E-state index contributed by atoms with van der Waals surface area (Å²) in [6.45, 7) is 2.24. The summed E-state index contributed by atoms with van der Waals surface area (Å²) >= 11 is 0. The molecule has 160 valence electrons. The molecule has 30 heavy (non-hydrogen) atoms. The summed E-state index contributed by atoms with van der Waals surface area (Å²) < 4.78 is 8.00. The van der Waals surface area contributed by atoms with Crippen LogP contribution in [0.25, 0.3) is 0 Å². The average Bonchev–Trinajstić information content (AvgIpc) is 3.41. The molecule has 1 unspecified atom stereocenters. The molecule has 2 aliphatic heterocycles. The molecule has 3 heterocycles. The Bertz CT molecular complexity index is 902. The number of benzene rings is 1. The minimum Gasteiger partial charge on any atom is -0.491 e. The number of carbonyl (C=O) groups excluding carboxylic acids is 1. The van der Waals surface area contributed by atoms with Gasteiger partial charge < -0.3 is 14.6 Å². The maximum absolute atomic E-state index is 12.8. The van der Waals surface area contributed by atoms with Crippen LogP contribution in [0.15, 0.2) is 30.5 Å². The molecule has 5 rings (SSSR count). The van der Waals surface area contributed by atoms with E-state index in [9.17, 15) is 4.79 Å². The van der Waals surface area contributed by atoms with Gasteiger partial charge in [-0.05, 0) is 43.9 Å². The van der Waals surface area contributed by atoms with Crippen molar-refractivity contribution >= 4 is 5.91 Å². The number of nitrogens with one attached hydrogen (secondary N) is 1. The van der Waals surface area contributed by atoms with E-state index in [0.29, 0.717) is 18.3 Å². The van der Waals surface area contributed by atoms with Crippen LogP contribution in [-0.2, 0) is 19.5 Å². The zero-order valence-corrected chi connectivity index (χ0v) is 17.8. The van der Waals surface area contributed by atoms with Crippen LogP contribution in [0.2, 0.25) is 0 Å². The summed E-state index contributed by atoms with van der Waals surface area (Å²) in [5.41, 5.74) is 1.67. The van der Waals surface area contributed by atoms with E-state index in [1.807, 2.05) is 24.4 Å². The summed E-state index contributed by atoms with van der Waals surface area (Å²) in [6.07, 6.45) is 10.9. The SMILES string of the molecule is CN1Cc2nc(C(=O)N[C@H]3COc4ccccc4C3)cn2CC1CCC1CCCC1. The predicted octanol–water partition coefficient (Wildman–Crippen LogP) is 3.40. The first-order chi connectivity index (χ1) is 14.7. The molecule has 1 N–H and O–H groups in total. The van der Waals surface area contributed by atoms with Crippen molar-refractivity contribution in [2.45, 2.75) is 70.1 Å². The summed E-state index contributed by atoms with van der Waals surface area (Å²) in [4.78, 5) is 19.9. The fourth-order valence-electron chi connectivity index (χ4n) is 5.29. The predicted molar refractivity (Wildman–Crippen MR) is 116 cm³/mol. The molecule has 6 nitrogen and oxygen atoms in total. The van der Waals surface area contributed by atoms with Crippen LogP contribution in [0, 0.1) is 5.92 Å². The minimum absolute atomic E-state index is 0.0204. The smallest absolute Gasteiger partial charge is 0.271 e. The number of likely N-dealkylation sites (N-methyl/N-ethyl adjacent to an activating group) is 1. The van der Waals surface area contributed by atoms with Gasteiger partial charge in [-0.15, -0.1) is 0 Å². The van der Waals surface area contributed by atoms with Crippen molar-refractivity contribution in [3.8, 4) is 5.75 Å². The van der Waals surface area contributed by atoms with Gasteiger partial charge in [0.05, 0.1) is 12.6 Å². The molecule has 1 aliphatic carbocycles. The lowest BCUT2D eigenvalue weighted by molar-refractivity contribution is 0.0910. The molecular weight excluding hydrogens is 376 g/mol. The van der Waals surface area contributed by atoms with E-state index in [1.54, 1.807) is 0 Å². The molecular formula is C24H32N4O2. The van der Waals surface area contributed by atoms with Crippen molar-refractivity contribution in [2.75, 3.05) is 13.7 Å². The van der Waals surface area contributed by atoms with Gasteiger partial charge in [-0.1, -0.05) is 43.9 Å². The molecule has 2 aromatic rings. The molecule has 1 amide bonds. The second-order valence-corrected chi connectivity index (χ2v) is 9.28. The van der Waals surface area contributed by atoms with Crippen molar-refractivity contribution < 1.29 is 9.53 Å². The maximum atomic E-state index is 12.8.